The van der Waals surface area contributed by atoms with Crippen LogP contribution < -0.4 is 10.2 Å². The van der Waals surface area contributed by atoms with Crippen molar-refractivity contribution in [2.24, 2.45) is 0 Å². The average molecular weight is 510 g/mol. The Morgan fingerprint density at radius 2 is 1.33 bits per heavy atom. The van der Waals surface area contributed by atoms with Gasteiger partial charge in [-0.3, -0.25) is 0 Å². The summed E-state index contributed by atoms with van der Waals surface area (Å²) >= 11 is 0. The first-order valence-electron chi connectivity index (χ1n) is 13.6. The Balaban J connectivity index is 1.53. The Morgan fingerprint density at radius 1 is 0.692 bits per heavy atom. The smallest absolute Gasteiger partial charge is 0.309 e. The summed E-state index contributed by atoms with van der Waals surface area (Å²) in [6.45, 7) is 7.47. The van der Waals surface area contributed by atoms with Crippen LogP contribution in [-0.4, -0.2) is 23.8 Å². The molecular weight excluding hydrogens is 479 g/mol. The highest BCUT2D eigenvalue weighted by atomic mass is 16.5. The van der Waals surface area contributed by atoms with Crippen molar-refractivity contribution in [1.29, 1.82) is 0 Å². The molecule has 0 aromatic heterocycles. The van der Waals surface area contributed by atoms with Crippen LogP contribution in [0.25, 0.3) is 21.9 Å². The van der Waals surface area contributed by atoms with Gasteiger partial charge in [0, 0.05) is 11.1 Å². The minimum absolute atomic E-state index is 0.400. The lowest BCUT2D eigenvalue weighted by atomic mass is 9.65. The average Bonchev–Trinajstić information content (AvgIpc) is 3.22. The maximum absolute atomic E-state index is 10.7. The maximum atomic E-state index is 10.7. The van der Waals surface area contributed by atoms with Crippen LogP contribution in [0.15, 0.2) is 103 Å². The van der Waals surface area contributed by atoms with Crippen LogP contribution in [0.1, 0.15) is 49.9 Å². The van der Waals surface area contributed by atoms with Gasteiger partial charge in [-0.05, 0) is 72.9 Å². The van der Waals surface area contributed by atoms with Gasteiger partial charge in [0.2, 0.25) is 0 Å². The van der Waals surface area contributed by atoms with E-state index in [0.29, 0.717) is 7.48 Å². The number of para-hydroxylation sites is 2. The highest BCUT2D eigenvalue weighted by Gasteiger charge is 2.51. The van der Waals surface area contributed by atoms with E-state index in [2.05, 4.69) is 91.0 Å². The number of rotatable bonds is 4. The zero-order valence-corrected chi connectivity index (χ0v) is 22.8. The van der Waals surface area contributed by atoms with Crippen LogP contribution in [-0.2, 0) is 10.1 Å². The van der Waals surface area contributed by atoms with Crippen molar-refractivity contribution in [2.45, 2.75) is 44.3 Å². The molecule has 0 bridgehead atoms. The molecule has 1 heterocycles. The summed E-state index contributed by atoms with van der Waals surface area (Å²) in [5, 5.41) is 13.2. The molecule has 0 fully saturated rings. The van der Waals surface area contributed by atoms with Crippen molar-refractivity contribution in [2.75, 3.05) is 0 Å². The van der Waals surface area contributed by atoms with E-state index in [1.54, 1.807) is 13.8 Å². The normalized spacial score (nSPS) is 14.8. The van der Waals surface area contributed by atoms with Crippen LogP contribution >= 0.6 is 0 Å². The van der Waals surface area contributed by atoms with Gasteiger partial charge in [0.05, 0.1) is 16.6 Å². The summed E-state index contributed by atoms with van der Waals surface area (Å²) in [6, 6.07) is 36.8. The molecule has 1 aliphatic heterocycles. The van der Waals surface area contributed by atoms with E-state index in [4.69, 9.17) is 9.39 Å². The molecule has 192 valence electrons. The van der Waals surface area contributed by atoms with Crippen molar-refractivity contribution in [3.05, 3.63) is 125 Å². The van der Waals surface area contributed by atoms with Gasteiger partial charge < -0.3 is 14.5 Å². The fourth-order valence-electron chi connectivity index (χ4n) is 6.24. The molecule has 2 aliphatic rings. The van der Waals surface area contributed by atoms with Gasteiger partial charge in [-0.1, -0.05) is 96.5 Å². The van der Waals surface area contributed by atoms with Gasteiger partial charge in [-0.25, -0.2) is 0 Å². The summed E-state index contributed by atoms with van der Waals surface area (Å²) < 4.78 is 12.8. The zero-order valence-electron chi connectivity index (χ0n) is 22.8. The second kappa shape index (κ2) is 8.32. The molecular formula is C35H31BO3. The van der Waals surface area contributed by atoms with Crippen LogP contribution in [0, 0.1) is 0 Å². The number of aliphatic hydroxyl groups is 1. The lowest BCUT2D eigenvalue weighted by Crippen LogP contribution is -2.49. The molecule has 0 radical (unpaired) electrons. The largest absolute Gasteiger partial charge is 0.457 e. The number of hydrogen-bond acceptors (Lipinski definition) is 3. The van der Waals surface area contributed by atoms with Crippen molar-refractivity contribution < 1.29 is 14.5 Å². The fourth-order valence-corrected chi connectivity index (χ4v) is 6.24. The van der Waals surface area contributed by atoms with Crippen LogP contribution in [0.4, 0.5) is 0 Å². The molecule has 0 unspecified atom stereocenters. The first-order valence-corrected chi connectivity index (χ1v) is 13.6. The Labute approximate surface area is 230 Å². The summed E-state index contributed by atoms with van der Waals surface area (Å²) in [6.07, 6.45) is 0. The van der Waals surface area contributed by atoms with Gasteiger partial charge in [0.15, 0.2) is 0 Å². The second-order valence-corrected chi connectivity index (χ2v) is 11.8. The predicted octanol–water partition coefficient (Wildman–Crippen LogP) is 6.85. The number of benzene rings is 5. The first-order chi connectivity index (χ1) is 18.7. The van der Waals surface area contributed by atoms with Crippen molar-refractivity contribution in [1.82, 2.24) is 0 Å². The lowest BCUT2D eigenvalue weighted by Gasteiger charge is -2.39. The molecule has 7 rings (SSSR count). The highest BCUT2D eigenvalue weighted by Crippen LogP contribution is 2.62. The Bertz CT molecular complexity index is 1720. The predicted molar refractivity (Wildman–Crippen MR) is 160 cm³/mol. The maximum Gasteiger partial charge on any atom is 0.309 e. The van der Waals surface area contributed by atoms with Crippen LogP contribution in [0.3, 0.4) is 0 Å². The molecule has 4 heteroatoms. The third kappa shape index (κ3) is 3.38. The van der Waals surface area contributed by atoms with E-state index in [-0.39, 0.29) is 0 Å². The molecule has 3 nitrogen and oxygen atoms in total. The summed E-state index contributed by atoms with van der Waals surface area (Å²) in [5.74, 6) is 1.76. The van der Waals surface area contributed by atoms with E-state index in [1.165, 1.54) is 33.0 Å². The van der Waals surface area contributed by atoms with E-state index >= 15 is 0 Å². The van der Waals surface area contributed by atoms with Gasteiger partial charge >= 0.3 is 7.48 Å². The molecule has 39 heavy (non-hydrogen) atoms. The Hall–Kier alpha value is -3.86. The highest BCUT2D eigenvalue weighted by molar-refractivity contribution is 6.47. The fraction of sp³-hybridized carbons (Fsp3) is 0.200. The summed E-state index contributed by atoms with van der Waals surface area (Å²) in [4.78, 5) is 0. The quantitative estimate of drug-likeness (QED) is 0.263. The van der Waals surface area contributed by atoms with E-state index in [0.717, 1.165) is 28.1 Å². The Morgan fingerprint density at radius 3 is 2.03 bits per heavy atom. The third-order valence-corrected chi connectivity index (χ3v) is 8.97. The summed E-state index contributed by atoms with van der Waals surface area (Å²) in [5.41, 5.74) is 6.18. The van der Waals surface area contributed by atoms with E-state index in [9.17, 15) is 5.11 Å². The van der Waals surface area contributed by atoms with Crippen LogP contribution in [0.5, 0.6) is 11.5 Å². The number of fused-ring (bicyclic) bond motifs is 11. The van der Waals surface area contributed by atoms with E-state index < -0.39 is 16.6 Å². The van der Waals surface area contributed by atoms with Crippen molar-refractivity contribution >= 4 is 23.7 Å². The van der Waals surface area contributed by atoms with Crippen molar-refractivity contribution in [3.63, 3.8) is 0 Å². The minimum Gasteiger partial charge on any atom is -0.457 e. The minimum atomic E-state index is -0.974. The van der Waals surface area contributed by atoms with E-state index in [1.807, 2.05) is 26.0 Å². The molecule has 0 amide bonds. The first kappa shape index (κ1) is 24.2. The van der Waals surface area contributed by atoms with Gasteiger partial charge in [0.25, 0.3) is 0 Å². The second-order valence-electron chi connectivity index (χ2n) is 11.8. The molecule has 5 aromatic carbocycles. The van der Waals surface area contributed by atoms with Crippen molar-refractivity contribution in [3.8, 4) is 22.6 Å². The molecule has 5 aromatic rings. The SMILES string of the molecule is CC(C)(O)C(C)(C)OBc1ccc2c(c1)C1(c3ccccc3Oc3ccccc31)c1ccc3ccccc3c1-2. The standard InChI is InChI=1S/C35H31BO3/c1-33(2,37)34(3,4)39-36-23-18-19-25-29(21-23)35(28-20-17-22-11-5-6-12-24(22)32(25)28)26-13-7-9-15-30(26)38-31-16-10-8-14-27(31)35/h5-21,36-37H,1-4H3. The molecule has 0 saturated heterocycles. The van der Waals surface area contributed by atoms with Gasteiger partial charge in [-0.15, -0.1) is 0 Å². The topological polar surface area (TPSA) is 38.7 Å². The number of ether oxygens (including phenoxy) is 1. The van der Waals surface area contributed by atoms with Crippen LogP contribution in [0.2, 0.25) is 0 Å². The monoisotopic (exact) mass is 510 g/mol. The molecule has 0 saturated carbocycles. The Kier molecular flexibility index (Phi) is 5.16. The summed E-state index contributed by atoms with van der Waals surface area (Å²) in [7, 11) is 0.400. The molecule has 1 aliphatic carbocycles. The lowest BCUT2D eigenvalue weighted by molar-refractivity contribution is -0.0893. The van der Waals surface area contributed by atoms with Gasteiger partial charge in [-0.2, -0.15) is 0 Å². The van der Waals surface area contributed by atoms with Gasteiger partial charge in [0.1, 0.15) is 11.5 Å². The molecule has 1 spiro atoms. The molecule has 0 atom stereocenters. The number of hydrogen-bond donors (Lipinski definition) is 1. The third-order valence-electron chi connectivity index (χ3n) is 8.97. The molecule has 1 N–H and O–H groups in total. The zero-order chi connectivity index (χ0) is 27.0.